The summed E-state index contributed by atoms with van der Waals surface area (Å²) in [5, 5.41) is 10.8. The van der Waals surface area contributed by atoms with Crippen LogP contribution in [-0.4, -0.2) is 42.4 Å². The van der Waals surface area contributed by atoms with Crippen molar-refractivity contribution in [3.63, 3.8) is 0 Å². The summed E-state index contributed by atoms with van der Waals surface area (Å²) < 4.78 is 15.8. The number of terminal acetylenes is 1. The smallest absolute Gasteiger partial charge is 0.344 e. The molecule has 0 unspecified atom stereocenters. The highest BCUT2D eigenvalue weighted by Crippen LogP contribution is 2.40. The van der Waals surface area contributed by atoms with Crippen LogP contribution < -0.4 is 9.47 Å². The number of carbonyl (C=O) groups is 2. The van der Waals surface area contributed by atoms with E-state index < -0.39 is 11.9 Å². The van der Waals surface area contributed by atoms with Gasteiger partial charge in [-0.15, -0.1) is 6.42 Å². The van der Waals surface area contributed by atoms with E-state index in [1.165, 1.54) is 7.11 Å². The third kappa shape index (κ3) is 5.64. The van der Waals surface area contributed by atoms with Crippen LogP contribution in [0.15, 0.2) is 69.8 Å². The predicted molar refractivity (Wildman–Crippen MR) is 127 cm³/mol. The number of aliphatic imine (C=N–C) groups is 1. The Morgan fingerprint density at radius 2 is 1.94 bits per heavy atom. The molecule has 2 aromatic carbocycles. The number of hydrogen-bond donors (Lipinski definition) is 1. The molecular formula is C25H21NO6S. The van der Waals surface area contributed by atoms with E-state index in [4.69, 9.17) is 20.6 Å². The van der Waals surface area contributed by atoms with Gasteiger partial charge in [-0.3, -0.25) is 4.79 Å². The zero-order chi connectivity index (χ0) is 23.8. The molecule has 0 atom stereocenters. The van der Waals surface area contributed by atoms with Gasteiger partial charge in [-0.05, 0) is 42.8 Å². The van der Waals surface area contributed by atoms with Crippen LogP contribution in [0.2, 0.25) is 0 Å². The number of rotatable bonds is 7. The Balaban J connectivity index is 1.99. The third-order valence-corrected chi connectivity index (χ3v) is 5.41. The molecule has 0 bridgehead atoms. The van der Waals surface area contributed by atoms with Gasteiger partial charge in [0.15, 0.2) is 11.5 Å². The van der Waals surface area contributed by atoms with Gasteiger partial charge in [-0.25, -0.2) is 9.79 Å². The number of aliphatic hydroxyl groups is 1. The van der Waals surface area contributed by atoms with E-state index in [2.05, 4.69) is 10.9 Å². The van der Waals surface area contributed by atoms with E-state index in [0.717, 1.165) is 11.8 Å². The molecular weight excluding hydrogens is 442 g/mol. The molecule has 1 aliphatic heterocycles. The van der Waals surface area contributed by atoms with E-state index in [1.54, 1.807) is 61.5 Å². The first-order chi connectivity index (χ1) is 16.0. The molecule has 7 nitrogen and oxygen atoms in total. The zero-order valence-corrected chi connectivity index (χ0v) is 18.8. The number of nitrogens with zero attached hydrogens (tertiary/aromatic N) is 1. The van der Waals surface area contributed by atoms with Gasteiger partial charge in [-0.1, -0.05) is 41.9 Å². The lowest BCUT2D eigenvalue weighted by molar-refractivity contribution is -0.138. The summed E-state index contributed by atoms with van der Waals surface area (Å²) in [4.78, 5) is 29.5. The van der Waals surface area contributed by atoms with Crippen LogP contribution in [0, 0.1) is 12.3 Å². The number of aliphatic hydroxyl groups excluding tert-OH is 1. The molecule has 168 valence electrons. The zero-order valence-electron chi connectivity index (χ0n) is 18.0. The monoisotopic (exact) mass is 463 g/mol. The Morgan fingerprint density at radius 3 is 2.61 bits per heavy atom. The highest BCUT2D eigenvalue weighted by molar-refractivity contribution is 8.18. The van der Waals surface area contributed by atoms with Gasteiger partial charge in [0.2, 0.25) is 0 Å². The van der Waals surface area contributed by atoms with E-state index >= 15 is 0 Å². The van der Waals surface area contributed by atoms with Gasteiger partial charge < -0.3 is 19.3 Å². The van der Waals surface area contributed by atoms with E-state index in [0.29, 0.717) is 27.5 Å². The van der Waals surface area contributed by atoms with Crippen molar-refractivity contribution in [3.05, 3.63) is 75.9 Å². The van der Waals surface area contributed by atoms with Gasteiger partial charge in [0, 0.05) is 5.56 Å². The quantitative estimate of drug-likeness (QED) is 0.480. The van der Waals surface area contributed by atoms with Crippen LogP contribution in [0.5, 0.6) is 11.5 Å². The van der Waals surface area contributed by atoms with Crippen LogP contribution in [0.4, 0.5) is 0 Å². The number of esters is 1. The summed E-state index contributed by atoms with van der Waals surface area (Å²) in [6.45, 7) is 1.85. The SMILES string of the molecule is C#CCOc1ccc(/C=C2\SC(=NC(=O)c3ccccc3)C(C(=O)OCC)=C2O)cc1OC. The number of methoxy groups -OCH3 is 1. The molecule has 2 aromatic rings. The molecule has 1 amide bonds. The topological polar surface area (TPSA) is 94.4 Å². The summed E-state index contributed by atoms with van der Waals surface area (Å²) in [6.07, 6.45) is 6.87. The van der Waals surface area contributed by atoms with Crippen molar-refractivity contribution in [2.45, 2.75) is 6.92 Å². The number of ether oxygens (including phenoxy) is 3. The van der Waals surface area contributed by atoms with Gasteiger partial charge in [0.25, 0.3) is 5.91 Å². The molecule has 0 radical (unpaired) electrons. The average molecular weight is 464 g/mol. The minimum absolute atomic E-state index is 0.0620. The van der Waals surface area contributed by atoms with Crippen molar-refractivity contribution in [2.24, 2.45) is 4.99 Å². The Bertz CT molecular complexity index is 1190. The molecule has 1 aliphatic rings. The lowest BCUT2D eigenvalue weighted by Gasteiger charge is -2.09. The maximum Gasteiger partial charge on any atom is 0.344 e. The van der Waals surface area contributed by atoms with Crippen LogP contribution >= 0.6 is 11.8 Å². The molecule has 3 rings (SSSR count). The first-order valence-electron chi connectivity index (χ1n) is 9.91. The van der Waals surface area contributed by atoms with Crippen molar-refractivity contribution in [2.75, 3.05) is 20.3 Å². The molecule has 0 fully saturated rings. The van der Waals surface area contributed by atoms with Crippen LogP contribution in [0.3, 0.4) is 0 Å². The number of benzene rings is 2. The Morgan fingerprint density at radius 1 is 1.18 bits per heavy atom. The largest absolute Gasteiger partial charge is 0.506 e. The van der Waals surface area contributed by atoms with Gasteiger partial charge in [0.1, 0.15) is 23.0 Å². The van der Waals surface area contributed by atoms with Crippen molar-refractivity contribution >= 4 is 34.8 Å². The molecule has 8 heteroatoms. The predicted octanol–water partition coefficient (Wildman–Crippen LogP) is 4.41. The first kappa shape index (κ1) is 23.7. The molecule has 0 saturated heterocycles. The molecule has 1 N–H and O–H groups in total. The number of carbonyl (C=O) groups excluding carboxylic acids is 2. The summed E-state index contributed by atoms with van der Waals surface area (Å²) >= 11 is 0.997. The second kappa shape index (κ2) is 11.1. The lowest BCUT2D eigenvalue weighted by Crippen LogP contribution is -2.14. The van der Waals surface area contributed by atoms with E-state index in [1.807, 2.05) is 0 Å². The summed E-state index contributed by atoms with van der Waals surface area (Å²) in [5.41, 5.74) is 0.865. The van der Waals surface area contributed by atoms with Crippen LogP contribution in [0.25, 0.3) is 6.08 Å². The molecule has 33 heavy (non-hydrogen) atoms. The second-order valence-electron chi connectivity index (χ2n) is 6.55. The van der Waals surface area contributed by atoms with Crippen LogP contribution in [-0.2, 0) is 9.53 Å². The third-order valence-electron chi connectivity index (χ3n) is 4.39. The maximum atomic E-state index is 12.6. The summed E-state index contributed by atoms with van der Waals surface area (Å²) in [6, 6.07) is 13.6. The molecule has 0 spiro atoms. The van der Waals surface area contributed by atoms with Crippen molar-refractivity contribution < 1.29 is 28.9 Å². The minimum Gasteiger partial charge on any atom is -0.506 e. The highest BCUT2D eigenvalue weighted by atomic mass is 32.2. The van der Waals surface area contributed by atoms with Crippen molar-refractivity contribution in [1.82, 2.24) is 0 Å². The molecule has 0 aromatic heterocycles. The van der Waals surface area contributed by atoms with Gasteiger partial charge in [0.05, 0.1) is 18.6 Å². The van der Waals surface area contributed by atoms with Crippen molar-refractivity contribution in [1.29, 1.82) is 0 Å². The fourth-order valence-electron chi connectivity index (χ4n) is 2.89. The van der Waals surface area contributed by atoms with E-state index in [-0.39, 0.29) is 29.6 Å². The van der Waals surface area contributed by atoms with E-state index in [9.17, 15) is 14.7 Å². The number of thioether (sulfide) groups is 1. The summed E-state index contributed by atoms with van der Waals surface area (Å²) in [5.74, 6) is 1.69. The fraction of sp³-hybridized carbons (Fsp3) is 0.160. The minimum atomic E-state index is -0.763. The Labute approximate surface area is 195 Å². The normalized spacial score (nSPS) is 15.4. The van der Waals surface area contributed by atoms with Crippen LogP contribution in [0.1, 0.15) is 22.8 Å². The highest BCUT2D eigenvalue weighted by Gasteiger charge is 2.34. The fourth-order valence-corrected chi connectivity index (χ4v) is 3.91. The first-order valence-corrected chi connectivity index (χ1v) is 10.7. The molecule has 1 heterocycles. The molecule has 0 saturated carbocycles. The lowest BCUT2D eigenvalue weighted by atomic mass is 10.1. The number of amides is 1. The average Bonchev–Trinajstić information content (AvgIpc) is 3.13. The second-order valence-corrected chi connectivity index (χ2v) is 7.58. The summed E-state index contributed by atoms with van der Waals surface area (Å²) in [7, 11) is 1.50. The molecule has 0 aliphatic carbocycles. The standard InChI is InChI=1S/C25H21NO6S/c1-4-13-32-18-12-11-16(14-19(18)30-3)15-20-22(27)21(25(29)31-5-2)24(33-20)26-23(28)17-9-7-6-8-10-17/h1,6-12,14-15,27H,5,13H2,2-3H3/b20-15-,26-24?. The Hall–Kier alpha value is -3.96. The van der Waals surface area contributed by atoms with Gasteiger partial charge in [-0.2, -0.15) is 0 Å². The number of hydrogen-bond acceptors (Lipinski definition) is 7. The van der Waals surface area contributed by atoms with Gasteiger partial charge >= 0.3 is 5.97 Å². The maximum absolute atomic E-state index is 12.6. The Kier molecular flexibility index (Phi) is 7.95. The van der Waals surface area contributed by atoms with Crippen molar-refractivity contribution in [3.8, 4) is 23.8 Å².